The zero-order chi connectivity index (χ0) is 21.1. The van der Waals surface area contributed by atoms with Gasteiger partial charge in [-0.25, -0.2) is 9.37 Å². The number of halogens is 1. The third-order valence-corrected chi connectivity index (χ3v) is 6.94. The van der Waals surface area contributed by atoms with Crippen molar-refractivity contribution < 1.29 is 13.9 Å². The van der Waals surface area contributed by atoms with Gasteiger partial charge < -0.3 is 19.1 Å². The van der Waals surface area contributed by atoms with Crippen LogP contribution in [0.1, 0.15) is 24.2 Å². The van der Waals surface area contributed by atoms with Crippen LogP contribution in [0.3, 0.4) is 0 Å². The van der Waals surface area contributed by atoms with Gasteiger partial charge in [0.05, 0.1) is 29.8 Å². The first kappa shape index (κ1) is 21.2. The molecule has 0 bridgehead atoms. The standard InChI is InChI=1S/C22H29FN4O2S/c1-16-17(2)27(14-18-6-5-13-29-18)22(24-16)30-15-21(28)26-11-9-25(10-12-26)20-8-4-3-7-19(20)23/h3-4,7-8,18H,5-6,9-15H2,1-2H3/t18-/m0/s1. The molecule has 1 atom stereocenters. The topological polar surface area (TPSA) is 50.6 Å². The Hall–Kier alpha value is -2.06. The number of carbonyl (C=O) groups excluding carboxylic acids is 1. The van der Waals surface area contributed by atoms with Crippen molar-refractivity contribution >= 4 is 23.4 Å². The first-order chi connectivity index (χ1) is 14.5. The summed E-state index contributed by atoms with van der Waals surface area (Å²) in [7, 11) is 0. The molecule has 1 aromatic carbocycles. The second kappa shape index (κ2) is 9.39. The number of ether oxygens (including phenoxy) is 1. The average molecular weight is 433 g/mol. The van der Waals surface area contributed by atoms with E-state index in [4.69, 9.17) is 4.74 Å². The van der Waals surface area contributed by atoms with Crippen molar-refractivity contribution in [1.29, 1.82) is 0 Å². The number of amides is 1. The molecule has 2 saturated heterocycles. The zero-order valence-electron chi connectivity index (χ0n) is 17.6. The average Bonchev–Trinajstić information content (AvgIpc) is 3.36. The van der Waals surface area contributed by atoms with E-state index >= 15 is 0 Å². The monoisotopic (exact) mass is 432 g/mol. The maximum absolute atomic E-state index is 14.0. The van der Waals surface area contributed by atoms with Gasteiger partial charge in [-0.15, -0.1) is 0 Å². The van der Waals surface area contributed by atoms with Gasteiger partial charge in [0.15, 0.2) is 5.16 Å². The van der Waals surface area contributed by atoms with E-state index in [-0.39, 0.29) is 17.8 Å². The molecule has 2 aliphatic heterocycles. The highest BCUT2D eigenvalue weighted by Gasteiger charge is 2.24. The summed E-state index contributed by atoms with van der Waals surface area (Å²) in [5.41, 5.74) is 2.75. The fourth-order valence-corrected chi connectivity index (χ4v) is 5.07. The van der Waals surface area contributed by atoms with Crippen LogP contribution < -0.4 is 4.90 Å². The fourth-order valence-electron chi connectivity index (χ4n) is 4.06. The highest BCUT2D eigenvalue weighted by Crippen LogP contribution is 2.25. The lowest BCUT2D eigenvalue weighted by Crippen LogP contribution is -2.49. The smallest absolute Gasteiger partial charge is 0.233 e. The van der Waals surface area contributed by atoms with Crippen LogP contribution in [-0.4, -0.2) is 65.0 Å². The number of benzene rings is 1. The molecule has 162 valence electrons. The van der Waals surface area contributed by atoms with Crippen LogP contribution >= 0.6 is 11.8 Å². The molecule has 0 unspecified atom stereocenters. The van der Waals surface area contributed by atoms with Crippen LogP contribution in [-0.2, 0) is 16.1 Å². The Kier molecular flexibility index (Phi) is 6.63. The highest BCUT2D eigenvalue weighted by atomic mass is 32.2. The molecule has 3 heterocycles. The van der Waals surface area contributed by atoms with Crippen LogP contribution in [0.4, 0.5) is 10.1 Å². The van der Waals surface area contributed by atoms with E-state index in [1.165, 1.54) is 17.8 Å². The molecule has 8 heteroatoms. The molecule has 2 aromatic rings. The number of imidazole rings is 1. The van der Waals surface area contributed by atoms with Gasteiger partial charge >= 0.3 is 0 Å². The Morgan fingerprint density at radius 2 is 2.00 bits per heavy atom. The number of piperazine rings is 1. The van der Waals surface area contributed by atoms with E-state index in [0.717, 1.165) is 42.5 Å². The molecule has 0 saturated carbocycles. The minimum absolute atomic E-state index is 0.107. The van der Waals surface area contributed by atoms with Gasteiger partial charge in [-0.3, -0.25) is 4.79 Å². The quantitative estimate of drug-likeness (QED) is 0.656. The lowest BCUT2D eigenvalue weighted by atomic mass is 10.2. The van der Waals surface area contributed by atoms with Crippen molar-refractivity contribution in [2.45, 2.75) is 44.5 Å². The number of hydrogen-bond donors (Lipinski definition) is 0. The minimum atomic E-state index is -0.211. The lowest BCUT2D eigenvalue weighted by molar-refractivity contribution is -0.128. The van der Waals surface area contributed by atoms with Crippen molar-refractivity contribution in [2.24, 2.45) is 0 Å². The van der Waals surface area contributed by atoms with Crippen LogP contribution in [0.25, 0.3) is 0 Å². The summed E-state index contributed by atoms with van der Waals surface area (Å²) in [5, 5.41) is 0.888. The molecule has 0 aliphatic carbocycles. The van der Waals surface area contributed by atoms with Crippen molar-refractivity contribution in [3.8, 4) is 0 Å². The molecule has 4 rings (SSSR count). The maximum Gasteiger partial charge on any atom is 0.233 e. The molecule has 30 heavy (non-hydrogen) atoms. The van der Waals surface area contributed by atoms with Gasteiger partial charge in [0.2, 0.25) is 5.91 Å². The van der Waals surface area contributed by atoms with E-state index < -0.39 is 0 Å². The fraction of sp³-hybridized carbons (Fsp3) is 0.545. The number of carbonyl (C=O) groups is 1. The first-order valence-corrected chi connectivity index (χ1v) is 11.6. The van der Waals surface area contributed by atoms with Crippen molar-refractivity contribution in [3.63, 3.8) is 0 Å². The maximum atomic E-state index is 14.0. The minimum Gasteiger partial charge on any atom is -0.376 e. The number of nitrogens with zero attached hydrogens (tertiary/aromatic N) is 4. The van der Waals surface area contributed by atoms with Crippen LogP contribution in [0.5, 0.6) is 0 Å². The van der Waals surface area contributed by atoms with Crippen molar-refractivity contribution in [2.75, 3.05) is 43.4 Å². The third kappa shape index (κ3) is 4.64. The highest BCUT2D eigenvalue weighted by molar-refractivity contribution is 7.99. The normalized spacial score (nSPS) is 19.5. The van der Waals surface area contributed by atoms with E-state index in [0.29, 0.717) is 37.6 Å². The first-order valence-electron chi connectivity index (χ1n) is 10.6. The molecule has 2 fully saturated rings. The number of anilines is 1. The predicted molar refractivity (Wildman–Crippen MR) is 117 cm³/mol. The Bertz CT molecular complexity index is 889. The second-order valence-corrected chi connectivity index (χ2v) is 8.86. The molecule has 6 nitrogen and oxygen atoms in total. The summed E-state index contributed by atoms with van der Waals surface area (Å²) >= 11 is 1.50. The van der Waals surface area contributed by atoms with Crippen molar-refractivity contribution in [1.82, 2.24) is 14.5 Å². The molecule has 0 radical (unpaired) electrons. The van der Waals surface area contributed by atoms with Gasteiger partial charge in [0, 0.05) is 38.5 Å². The van der Waals surface area contributed by atoms with Crippen LogP contribution in [0.15, 0.2) is 29.4 Å². The molecule has 1 aromatic heterocycles. The summed E-state index contributed by atoms with van der Waals surface area (Å²) < 4.78 is 22.0. The summed E-state index contributed by atoms with van der Waals surface area (Å²) in [4.78, 5) is 21.3. The van der Waals surface area contributed by atoms with E-state index in [1.54, 1.807) is 12.1 Å². The number of hydrogen-bond acceptors (Lipinski definition) is 5. The van der Waals surface area contributed by atoms with E-state index in [1.807, 2.05) is 22.8 Å². The largest absolute Gasteiger partial charge is 0.376 e. The summed E-state index contributed by atoms with van der Waals surface area (Å²) in [6.07, 6.45) is 2.42. The Labute approximate surface area is 181 Å². The molecular weight excluding hydrogens is 403 g/mol. The second-order valence-electron chi connectivity index (χ2n) is 7.92. The number of thioether (sulfide) groups is 1. The van der Waals surface area contributed by atoms with Gasteiger partial charge in [-0.05, 0) is 38.8 Å². The van der Waals surface area contributed by atoms with Gasteiger partial charge in [0.25, 0.3) is 0 Å². The molecule has 0 N–H and O–H groups in total. The number of rotatable bonds is 6. The number of aromatic nitrogens is 2. The number of para-hydroxylation sites is 1. The lowest BCUT2D eigenvalue weighted by Gasteiger charge is -2.36. The molecule has 2 aliphatic rings. The number of aryl methyl sites for hydroxylation is 1. The van der Waals surface area contributed by atoms with E-state index in [2.05, 4.69) is 16.5 Å². The molecule has 1 amide bonds. The SMILES string of the molecule is Cc1nc(SCC(=O)N2CCN(c3ccccc3F)CC2)n(C[C@@H]2CCCO2)c1C. The molecular formula is C22H29FN4O2S. The third-order valence-electron chi connectivity index (χ3n) is 5.98. The van der Waals surface area contributed by atoms with E-state index in [9.17, 15) is 9.18 Å². The summed E-state index contributed by atoms with van der Waals surface area (Å²) in [6, 6.07) is 6.81. The van der Waals surface area contributed by atoms with Gasteiger partial charge in [-0.2, -0.15) is 0 Å². The zero-order valence-corrected chi connectivity index (χ0v) is 18.5. The predicted octanol–water partition coefficient (Wildman–Crippen LogP) is 3.26. The summed E-state index contributed by atoms with van der Waals surface area (Å²) in [5.74, 6) is 0.257. The van der Waals surface area contributed by atoms with Crippen LogP contribution in [0.2, 0.25) is 0 Å². The van der Waals surface area contributed by atoms with Gasteiger partial charge in [-0.1, -0.05) is 23.9 Å². The summed E-state index contributed by atoms with van der Waals surface area (Å²) in [6.45, 7) is 8.21. The van der Waals surface area contributed by atoms with Gasteiger partial charge in [0.1, 0.15) is 5.82 Å². The Balaban J connectivity index is 1.32. The Morgan fingerprint density at radius 3 is 2.70 bits per heavy atom. The van der Waals surface area contributed by atoms with Crippen LogP contribution in [0, 0.1) is 19.7 Å². The Morgan fingerprint density at radius 1 is 1.23 bits per heavy atom. The molecule has 0 spiro atoms. The van der Waals surface area contributed by atoms with Crippen molar-refractivity contribution in [3.05, 3.63) is 41.5 Å².